The number of fused-ring (bicyclic) bond motifs is 7. The summed E-state index contributed by atoms with van der Waals surface area (Å²) in [5.41, 5.74) is 21.2. The van der Waals surface area contributed by atoms with Crippen LogP contribution in [0.15, 0.2) is 224 Å². The van der Waals surface area contributed by atoms with Crippen molar-refractivity contribution in [3.8, 4) is 55.6 Å². The number of rotatable bonds is 7. The molecule has 64 heavy (non-hydrogen) atoms. The lowest BCUT2D eigenvalue weighted by atomic mass is 9.67. The molecular formula is C63H49N. The fraction of sp³-hybridized carbons (Fsp3) is 0.111. The van der Waals surface area contributed by atoms with Crippen molar-refractivity contribution in [3.63, 3.8) is 0 Å². The van der Waals surface area contributed by atoms with Crippen molar-refractivity contribution in [1.82, 2.24) is 0 Å². The van der Waals surface area contributed by atoms with Crippen molar-refractivity contribution in [1.29, 1.82) is 0 Å². The molecule has 0 aliphatic heterocycles. The molecule has 0 amide bonds. The summed E-state index contributed by atoms with van der Waals surface area (Å²) < 4.78 is 0. The summed E-state index contributed by atoms with van der Waals surface area (Å²) in [5.74, 6) is 0.352. The van der Waals surface area contributed by atoms with Crippen LogP contribution in [0.4, 0.5) is 17.1 Å². The van der Waals surface area contributed by atoms with Crippen molar-refractivity contribution in [3.05, 3.63) is 247 Å². The topological polar surface area (TPSA) is 3.24 Å². The van der Waals surface area contributed by atoms with Gasteiger partial charge in [-0.2, -0.15) is 0 Å². The zero-order valence-electron chi connectivity index (χ0n) is 36.6. The Kier molecular flexibility index (Phi) is 8.85. The predicted octanol–water partition coefficient (Wildman–Crippen LogP) is 17.0. The Morgan fingerprint density at radius 3 is 1.64 bits per heavy atom. The molecule has 12 rings (SSSR count). The predicted molar refractivity (Wildman–Crippen MR) is 271 cm³/mol. The van der Waals surface area contributed by atoms with Crippen LogP contribution in [0.2, 0.25) is 0 Å². The van der Waals surface area contributed by atoms with Gasteiger partial charge in [0.25, 0.3) is 0 Å². The molecule has 9 aromatic rings. The van der Waals surface area contributed by atoms with Crippen molar-refractivity contribution in [2.45, 2.75) is 38.0 Å². The highest BCUT2D eigenvalue weighted by Crippen LogP contribution is 2.57. The van der Waals surface area contributed by atoms with Crippen molar-refractivity contribution in [2.24, 2.45) is 5.92 Å². The normalized spacial score (nSPS) is 17.5. The van der Waals surface area contributed by atoms with E-state index >= 15 is 0 Å². The molecule has 9 aromatic carbocycles. The maximum Gasteiger partial charge on any atom is 0.0540 e. The van der Waals surface area contributed by atoms with Gasteiger partial charge in [-0.3, -0.25) is 0 Å². The van der Waals surface area contributed by atoms with Crippen LogP contribution in [0.5, 0.6) is 0 Å². The van der Waals surface area contributed by atoms with Crippen molar-refractivity contribution < 1.29 is 0 Å². The molecule has 2 atom stereocenters. The number of hydrogen-bond acceptors (Lipinski definition) is 1. The molecule has 306 valence electrons. The third-order valence-electron chi connectivity index (χ3n) is 14.8. The van der Waals surface area contributed by atoms with Crippen LogP contribution in [0.1, 0.15) is 49.4 Å². The van der Waals surface area contributed by atoms with Gasteiger partial charge in [-0.05, 0) is 115 Å². The van der Waals surface area contributed by atoms with Crippen LogP contribution in [0.25, 0.3) is 66.4 Å². The molecule has 1 heteroatoms. The van der Waals surface area contributed by atoms with E-state index in [0.717, 1.165) is 23.5 Å². The molecule has 0 spiro atoms. The van der Waals surface area contributed by atoms with Crippen molar-refractivity contribution in [2.75, 3.05) is 4.90 Å². The van der Waals surface area contributed by atoms with Crippen molar-refractivity contribution >= 4 is 27.8 Å². The second-order valence-electron chi connectivity index (χ2n) is 18.5. The Labute approximate surface area is 377 Å². The van der Waals surface area contributed by atoms with E-state index in [9.17, 15) is 0 Å². The highest BCUT2D eigenvalue weighted by Gasteiger charge is 2.44. The maximum absolute atomic E-state index is 2.55. The average molecular weight is 820 g/mol. The highest BCUT2D eigenvalue weighted by atomic mass is 15.1. The van der Waals surface area contributed by atoms with E-state index in [1.54, 1.807) is 0 Å². The molecule has 0 saturated carbocycles. The molecule has 1 nitrogen and oxygen atoms in total. The first-order valence-electron chi connectivity index (χ1n) is 22.8. The monoisotopic (exact) mass is 819 g/mol. The SMILES string of the molecule is CC1(C)c2ccccc2-c2c(-c3ccccc3N(c3ccccc3-c3ccc4c(c3)C(C)(C3C=CC=CC3)c3ccccc3-4)c3ccccc3-c3ccc4ccccc4c3)cccc21. The van der Waals surface area contributed by atoms with Gasteiger partial charge in [0.2, 0.25) is 0 Å². The zero-order chi connectivity index (χ0) is 43.0. The molecular weight excluding hydrogens is 771 g/mol. The largest absolute Gasteiger partial charge is 0.309 e. The lowest BCUT2D eigenvalue weighted by Gasteiger charge is -2.36. The van der Waals surface area contributed by atoms with Gasteiger partial charge in [0, 0.05) is 27.5 Å². The Balaban J connectivity index is 1.11. The molecule has 0 N–H and O–H groups in total. The van der Waals surface area contributed by atoms with Gasteiger partial charge in [0.1, 0.15) is 0 Å². The lowest BCUT2D eigenvalue weighted by Crippen LogP contribution is -2.30. The van der Waals surface area contributed by atoms with Gasteiger partial charge in [0.05, 0.1) is 17.1 Å². The maximum atomic E-state index is 2.55. The van der Waals surface area contributed by atoms with Crippen LogP contribution in [-0.2, 0) is 10.8 Å². The van der Waals surface area contributed by atoms with Gasteiger partial charge in [-0.1, -0.05) is 215 Å². The number of hydrogen-bond donors (Lipinski definition) is 0. The second-order valence-corrected chi connectivity index (χ2v) is 18.5. The van der Waals surface area contributed by atoms with Crippen LogP contribution >= 0.6 is 0 Å². The Bertz CT molecular complexity index is 3380. The van der Waals surface area contributed by atoms with Crippen LogP contribution in [0.3, 0.4) is 0 Å². The van der Waals surface area contributed by atoms with Gasteiger partial charge in [0.15, 0.2) is 0 Å². The summed E-state index contributed by atoms with van der Waals surface area (Å²) in [4.78, 5) is 2.55. The lowest BCUT2D eigenvalue weighted by molar-refractivity contribution is 0.425. The summed E-state index contributed by atoms with van der Waals surface area (Å²) in [5, 5.41) is 2.47. The van der Waals surface area contributed by atoms with E-state index in [0.29, 0.717) is 5.92 Å². The summed E-state index contributed by atoms with van der Waals surface area (Å²) >= 11 is 0. The van der Waals surface area contributed by atoms with E-state index < -0.39 is 0 Å². The Morgan fingerprint density at radius 2 is 0.922 bits per heavy atom. The van der Waals surface area contributed by atoms with E-state index in [2.05, 4.69) is 250 Å². The minimum absolute atomic E-state index is 0.114. The Hall–Kier alpha value is -7.48. The molecule has 0 saturated heterocycles. The summed E-state index contributed by atoms with van der Waals surface area (Å²) in [6, 6.07) is 75.0. The first kappa shape index (κ1) is 38.2. The van der Waals surface area contributed by atoms with Gasteiger partial charge in [-0.25, -0.2) is 0 Å². The minimum atomic E-state index is -0.176. The van der Waals surface area contributed by atoms with Gasteiger partial charge >= 0.3 is 0 Å². The third-order valence-corrected chi connectivity index (χ3v) is 14.8. The average Bonchev–Trinajstić information content (AvgIpc) is 3.76. The standard InChI is InChI=1S/C63H49N/c1-62(2)54-30-14-10-28-53(54)61-52(29-19-32-56(61)62)51-27-13-18-35-60(51)64(58-33-16-11-24-47(58)44-37-36-42-20-7-8-21-43(42)40-44)59-34-17-12-25-48(59)45-38-39-50-49-26-9-15-31-55(49)63(3,57(50)41-45)46-22-5-4-6-23-46/h4-22,24-41,46H,23H2,1-3H3. The molecule has 0 fully saturated rings. The highest BCUT2D eigenvalue weighted by molar-refractivity contribution is 6.02. The molecule has 0 bridgehead atoms. The number of para-hydroxylation sites is 3. The molecule has 0 aromatic heterocycles. The second kappa shape index (κ2) is 14.8. The summed E-state index contributed by atoms with van der Waals surface area (Å²) in [7, 11) is 0. The minimum Gasteiger partial charge on any atom is -0.309 e. The molecule has 0 heterocycles. The quantitative estimate of drug-likeness (QED) is 0.155. The molecule has 0 radical (unpaired) electrons. The van der Waals surface area contributed by atoms with E-state index in [4.69, 9.17) is 0 Å². The fourth-order valence-electron chi connectivity index (χ4n) is 11.5. The number of allylic oxidation sites excluding steroid dienone is 4. The first-order valence-corrected chi connectivity index (χ1v) is 22.8. The number of benzene rings is 9. The third kappa shape index (κ3) is 5.77. The first-order chi connectivity index (χ1) is 31.4. The van der Waals surface area contributed by atoms with Gasteiger partial charge < -0.3 is 4.90 Å². The van der Waals surface area contributed by atoms with Crippen LogP contribution in [-0.4, -0.2) is 0 Å². The molecule has 3 aliphatic carbocycles. The number of nitrogens with zero attached hydrogens (tertiary/aromatic N) is 1. The zero-order valence-corrected chi connectivity index (χ0v) is 36.6. The smallest absolute Gasteiger partial charge is 0.0540 e. The van der Waals surface area contributed by atoms with Crippen LogP contribution in [0, 0.1) is 5.92 Å². The van der Waals surface area contributed by atoms with E-state index in [1.807, 2.05) is 0 Å². The summed E-state index contributed by atoms with van der Waals surface area (Å²) in [6.07, 6.45) is 10.2. The fourth-order valence-corrected chi connectivity index (χ4v) is 11.5. The van der Waals surface area contributed by atoms with E-state index in [1.165, 1.54) is 88.7 Å². The van der Waals surface area contributed by atoms with Crippen LogP contribution < -0.4 is 4.90 Å². The van der Waals surface area contributed by atoms with E-state index in [-0.39, 0.29) is 10.8 Å². The number of anilines is 3. The summed E-state index contributed by atoms with van der Waals surface area (Å²) in [6.45, 7) is 7.22. The van der Waals surface area contributed by atoms with Gasteiger partial charge in [-0.15, -0.1) is 0 Å². The Morgan fingerprint density at radius 1 is 0.391 bits per heavy atom. The molecule has 2 unspecified atom stereocenters. The molecule has 3 aliphatic rings.